The molecule has 9 heteroatoms. The van der Waals surface area contributed by atoms with E-state index in [4.69, 9.17) is 9.47 Å². The third-order valence-corrected chi connectivity index (χ3v) is 7.17. The highest BCUT2D eigenvalue weighted by Crippen LogP contribution is 2.29. The van der Waals surface area contributed by atoms with Crippen molar-refractivity contribution >= 4 is 46.9 Å². The van der Waals surface area contributed by atoms with Crippen LogP contribution in [0.4, 0.5) is 11.4 Å². The zero-order valence-electron chi connectivity index (χ0n) is 23.4. The summed E-state index contributed by atoms with van der Waals surface area (Å²) < 4.78 is 10.6. The van der Waals surface area contributed by atoms with Crippen molar-refractivity contribution in [1.82, 2.24) is 5.32 Å². The summed E-state index contributed by atoms with van der Waals surface area (Å²) >= 11 is 1.35. The molecule has 0 fully saturated rings. The molecule has 3 N–H and O–H groups in total. The summed E-state index contributed by atoms with van der Waals surface area (Å²) in [4.78, 5) is 40.0. The van der Waals surface area contributed by atoms with Crippen LogP contribution in [0, 0.1) is 0 Å². The molecule has 214 valence electrons. The molecule has 0 aromatic heterocycles. The number of ether oxygens (including phenoxy) is 2. The number of benzene rings is 4. The van der Waals surface area contributed by atoms with Gasteiger partial charge in [-0.05, 0) is 73.2 Å². The maximum atomic E-state index is 13.4. The average molecular weight is 582 g/mol. The first-order valence-electron chi connectivity index (χ1n) is 13.1. The zero-order chi connectivity index (χ0) is 29.9. The Hall–Kier alpha value is -5.02. The zero-order valence-corrected chi connectivity index (χ0v) is 24.2. The quantitative estimate of drug-likeness (QED) is 0.143. The normalized spacial score (nSPS) is 11.6. The van der Waals surface area contributed by atoms with E-state index in [-0.39, 0.29) is 11.6 Å². The van der Waals surface area contributed by atoms with Gasteiger partial charge < -0.3 is 25.4 Å². The second-order valence-electron chi connectivity index (χ2n) is 9.09. The third kappa shape index (κ3) is 8.25. The lowest BCUT2D eigenvalue weighted by molar-refractivity contribution is -0.115. The van der Waals surface area contributed by atoms with Crippen LogP contribution in [-0.2, 0) is 9.59 Å². The minimum atomic E-state index is -0.508. The van der Waals surface area contributed by atoms with Gasteiger partial charge >= 0.3 is 0 Å². The van der Waals surface area contributed by atoms with E-state index in [2.05, 4.69) is 16.0 Å². The van der Waals surface area contributed by atoms with Crippen LogP contribution in [0.15, 0.2) is 114 Å². The van der Waals surface area contributed by atoms with Crippen molar-refractivity contribution in [2.45, 2.75) is 17.1 Å². The number of para-hydroxylation sites is 2. The van der Waals surface area contributed by atoms with Crippen molar-refractivity contribution in [2.75, 3.05) is 24.9 Å². The molecule has 1 atom stereocenters. The molecule has 0 radical (unpaired) electrons. The van der Waals surface area contributed by atoms with Crippen molar-refractivity contribution in [3.05, 3.63) is 120 Å². The first kappa shape index (κ1) is 30.0. The Bertz CT molecular complexity index is 1590. The fourth-order valence-corrected chi connectivity index (χ4v) is 4.85. The van der Waals surface area contributed by atoms with Crippen molar-refractivity contribution < 1.29 is 23.9 Å². The van der Waals surface area contributed by atoms with E-state index in [0.29, 0.717) is 34.0 Å². The van der Waals surface area contributed by atoms with Crippen LogP contribution < -0.4 is 25.4 Å². The van der Waals surface area contributed by atoms with E-state index in [1.54, 1.807) is 106 Å². The predicted molar refractivity (Wildman–Crippen MR) is 167 cm³/mol. The van der Waals surface area contributed by atoms with Gasteiger partial charge in [-0.1, -0.05) is 48.5 Å². The highest BCUT2D eigenvalue weighted by atomic mass is 32.2. The third-order valence-electron chi connectivity index (χ3n) is 6.07. The SMILES string of the molecule is COc1cccc(/C=C(\NC(=O)c2ccccc2)C(=O)Nc2cccc(SC(C)C(=O)Nc3ccccc3OC)c2)c1. The number of hydrogen-bond acceptors (Lipinski definition) is 6. The molecule has 42 heavy (non-hydrogen) atoms. The lowest BCUT2D eigenvalue weighted by Crippen LogP contribution is -2.30. The number of methoxy groups -OCH3 is 2. The summed E-state index contributed by atoms with van der Waals surface area (Å²) in [6, 6.07) is 30.2. The lowest BCUT2D eigenvalue weighted by atomic mass is 10.1. The van der Waals surface area contributed by atoms with Crippen molar-refractivity contribution in [3.63, 3.8) is 0 Å². The summed E-state index contributed by atoms with van der Waals surface area (Å²) in [5.41, 5.74) is 2.24. The number of anilines is 2. The molecule has 0 saturated carbocycles. The van der Waals surface area contributed by atoms with Gasteiger partial charge in [-0.15, -0.1) is 11.8 Å². The van der Waals surface area contributed by atoms with Gasteiger partial charge in [-0.3, -0.25) is 14.4 Å². The van der Waals surface area contributed by atoms with E-state index >= 15 is 0 Å². The van der Waals surface area contributed by atoms with Crippen LogP contribution >= 0.6 is 11.8 Å². The molecule has 3 amide bonds. The Kier molecular flexibility index (Phi) is 10.4. The molecule has 1 unspecified atom stereocenters. The average Bonchev–Trinajstić information content (AvgIpc) is 3.01. The summed E-state index contributed by atoms with van der Waals surface area (Å²) in [7, 11) is 3.11. The van der Waals surface area contributed by atoms with Gasteiger partial charge in [0.05, 0.1) is 25.2 Å². The molecule has 0 bridgehead atoms. The van der Waals surface area contributed by atoms with Crippen LogP contribution in [0.25, 0.3) is 6.08 Å². The minimum Gasteiger partial charge on any atom is -0.497 e. The summed E-state index contributed by atoms with van der Waals surface area (Å²) in [5.74, 6) is 0.0766. The van der Waals surface area contributed by atoms with E-state index in [1.165, 1.54) is 11.8 Å². The van der Waals surface area contributed by atoms with Gasteiger partial charge in [0.15, 0.2) is 0 Å². The smallest absolute Gasteiger partial charge is 0.272 e. The molecule has 0 aliphatic carbocycles. The van der Waals surface area contributed by atoms with Gasteiger partial charge in [-0.25, -0.2) is 0 Å². The second kappa shape index (κ2) is 14.6. The van der Waals surface area contributed by atoms with E-state index in [9.17, 15) is 14.4 Å². The van der Waals surface area contributed by atoms with E-state index < -0.39 is 17.1 Å². The van der Waals surface area contributed by atoms with E-state index in [0.717, 1.165) is 4.90 Å². The number of nitrogens with one attached hydrogen (secondary N) is 3. The standard InChI is InChI=1S/C33H31N3O5S/c1-22(31(37)35-28-17-7-8-18-30(28)41-3)42-27-16-10-14-25(21-27)34-33(39)29(20-23-11-9-15-26(19-23)40-2)36-32(38)24-12-5-4-6-13-24/h4-22H,1-3H3,(H,34,39)(H,35,37)(H,36,38)/b29-20-. The molecule has 0 aliphatic heterocycles. The Morgan fingerprint density at radius 1 is 0.786 bits per heavy atom. The van der Waals surface area contributed by atoms with Crippen LogP contribution in [0.1, 0.15) is 22.8 Å². The predicted octanol–water partition coefficient (Wildman–Crippen LogP) is 6.23. The Balaban J connectivity index is 1.49. The number of amides is 3. The molecule has 4 aromatic carbocycles. The van der Waals surface area contributed by atoms with Gasteiger partial charge in [-0.2, -0.15) is 0 Å². The van der Waals surface area contributed by atoms with Crippen molar-refractivity contribution in [2.24, 2.45) is 0 Å². The fourth-order valence-electron chi connectivity index (χ4n) is 3.93. The van der Waals surface area contributed by atoms with Gasteiger partial charge in [0.25, 0.3) is 11.8 Å². The Morgan fingerprint density at radius 2 is 1.52 bits per heavy atom. The summed E-state index contributed by atoms with van der Waals surface area (Å²) in [6.07, 6.45) is 1.58. The van der Waals surface area contributed by atoms with Crippen LogP contribution in [0.2, 0.25) is 0 Å². The number of hydrogen-bond donors (Lipinski definition) is 3. The summed E-state index contributed by atoms with van der Waals surface area (Å²) in [5, 5.41) is 8.06. The first-order chi connectivity index (χ1) is 20.4. The van der Waals surface area contributed by atoms with Gasteiger partial charge in [0.1, 0.15) is 17.2 Å². The highest BCUT2D eigenvalue weighted by Gasteiger charge is 2.18. The number of carbonyl (C=O) groups excluding carboxylic acids is 3. The monoisotopic (exact) mass is 581 g/mol. The van der Waals surface area contributed by atoms with Crippen molar-refractivity contribution in [1.29, 1.82) is 0 Å². The molecule has 4 rings (SSSR count). The van der Waals surface area contributed by atoms with Gasteiger partial charge in [0.2, 0.25) is 5.91 Å². The highest BCUT2D eigenvalue weighted by molar-refractivity contribution is 8.00. The molecule has 4 aromatic rings. The largest absolute Gasteiger partial charge is 0.497 e. The van der Waals surface area contributed by atoms with Crippen molar-refractivity contribution in [3.8, 4) is 11.5 Å². The molecular weight excluding hydrogens is 550 g/mol. The lowest BCUT2D eigenvalue weighted by Gasteiger charge is -2.15. The maximum absolute atomic E-state index is 13.4. The molecular formula is C33H31N3O5S. The molecule has 0 heterocycles. The first-order valence-corrected chi connectivity index (χ1v) is 14.0. The molecule has 0 spiro atoms. The fraction of sp³-hybridized carbons (Fsp3) is 0.121. The Morgan fingerprint density at radius 3 is 2.29 bits per heavy atom. The topological polar surface area (TPSA) is 106 Å². The number of carbonyl (C=O) groups is 3. The molecule has 0 saturated heterocycles. The maximum Gasteiger partial charge on any atom is 0.272 e. The Labute approximate surface area is 249 Å². The second-order valence-corrected chi connectivity index (χ2v) is 10.5. The van der Waals surface area contributed by atoms with Crippen LogP contribution in [-0.4, -0.2) is 37.2 Å². The van der Waals surface area contributed by atoms with Crippen LogP contribution in [0.3, 0.4) is 0 Å². The van der Waals surface area contributed by atoms with Gasteiger partial charge in [0, 0.05) is 16.1 Å². The minimum absolute atomic E-state index is 0.0553. The molecule has 8 nitrogen and oxygen atoms in total. The summed E-state index contributed by atoms with van der Waals surface area (Å²) in [6.45, 7) is 1.80. The number of thioether (sulfide) groups is 1. The number of rotatable bonds is 11. The van der Waals surface area contributed by atoms with E-state index in [1.807, 2.05) is 24.3 Å². The van der Waals surface area contributed by atoms with Crippen LogP contribution in [0.5, 0.6) is 11.5 Å². The molecule has 0 aliphatic rings.